The first-order chi connectivity index (χ1) is 12.2. The molecule has 0 aliphatic rings. The van der Waals surface area contributed by atoms with Crippen LogP contribution in [0.4, 0.5) is 0 Å². The fourth-order valence-corrected chi connectivity index (χ4v) is 2.14. The van der Waals surface area contributed by atoms with Crippen molar-refractivity contribution in [1.29, 1.82) is 0 Å². The van der Waals surface area contributed by atoms with E-state index in [0.717, 1.165) is 25.9 Å². The lowest BCUT2D eigenvalue weighted by Gasteiger charge is -2.20. The quantitative estimate of drug-likeness (QED) is 0.310. The average Bonchev–Trinajstić information content (AvgIpc) is 3.12. The van der Waals surface area contributed by atoms with Crippen molar-refractivity contribution in [3.05, 3.63) is 30.2 Å². The van der Waals surface area contributed by atoms with Crippen molar-refractivity contribution in [2.45, 2.75) is 39.5 Å². The van der Waals surface area contributed by atoms with Crippen molar-refractivity contribution in [2.75, 3.05) is 32.9 Å². The van der Waals surface area contributed by atoms with Crippen LogP contribution in [0.15, 0.2) is 28.9 Å². The van der Waals surface area contributed by atoms with E-state index in [2.05, 4.69) is 6.92 Å². The third kappa shape index (κ3) is 9.72. The van der Waals surface area contributed by atoms with Gasteiger partial charge in [0.2, 0.25) is 5.91 Å². The van der Waals surface area contributed by atoms with Gasteiger partial charge in [-0.05, 0) is 38.0 Å². The molecule has 6 nitrogen and oxygen atoms in total. The van der Waals surface area contributed by atoms with Crippen molar-refractivity contribution in [3.63, 3.8) is 0 Å². The Morgan fingerprint density at radius 1 is 1.20 bits per heavy atom. The number of esters is 1. The van der Waals surface area contributed by atoms with Gasteiger partial charge in [-0.2, -0.15) is 0 Å². The van der Waals surface area contributed by atoms with Gasteiger partial charge < -0.3 is 18.8 Å². The van der Waals surface area contributed by atoms with Crippen LogP contribution in [-0.4, -0.2) is 49.7 Å². The van der Waals surface area contributed by atoms with Crippen LogP contribution in [-0.2, 0) is 19.1 Å². The SMILES string of the molecule is CCCCOCCCN(CCC(=O)OCC)C(=O)/C=C/c1ccco1. The molecule has 0 aliphatic heterocycles. The molecule has 0 saturated heterocycles. The lowest BCUT2D eigenvalue weighted by atomic mass is 10.3. The molecule has 0 atom stereocenters. The zero-order valence-corrected chi connectivity index (χ0v) is 15.2. The normalized spacial score (nSPS) is 11.0. The van der Waals surface area contributed by atoms with Gasteiger partial charge in [-0.1, -0.05) is 13.3 Å². The minimum absolute atomic E-state index is 0.158. The molecular formula is C19H29NO5. The van der Waals surface area contributed by atoms with Crippen LogP contribution in [0.25, 0.3) is 6.08 Å². The number of carbonyl (C=O) groups excluding carboxylic acids is 2. The van der Waals surface area contributed by atoms with Gasteiger partial charge in [0.15, 0.2) is 0 Å². The van der Waals surface area contributed by atoms with Gasteiger partial charge in [0.25, 0.3) is 0 Å². The van der Waals surface area contributed by atoms with Crippen molar-refractivity contribution in [2.24, 2.45) is 0 Å². The lowest BCUT2D eigenvalue weighted by molar-refractivity contribution is -0.143. The molecule has 0 bridgehead atoms. The van der Waals surface area contributed by atoms with E-state index in [0.29, 0.717) is 32.1 Å². The minimum atomic E-state index is -0.297. The molecule has 0 N–H and O–H groups in total. The van der Waals surface area contributed by atoms with Crippen LogP contribution in [0, 0.1) is 0 Å². The molecule has 25 heavy (non-hydrogen) atoms. The molecular weight excluding hydrogens is 322 g/mol. The van der Waals surface area contributed by atoms with E-state index in [1.54, 1.807) is 36.3 Å². The van der Waals surface area contributed by atoms with Crippen molar-refractivity contribution < 1.29 is 23.5 Å². The van der Waals surface area contributed by atoms with Gasteiger partial charge in [0.05, 0.1) is 19.3 Å². The summed E-state index contributed by atoms with van der Waals surface area (Å²) in [6, 6.07) is 3.53. The van der Waals surface area contributed by atoms with Crippen LogP contribution >= 0.6 is 0 Å². The molecule has 0 aliphatic carbocycles. The van der Waals surface area contributed by atoms with E-state index in [1.807, 2.05) is 0 Å². The number of rotatable bonds is 13. The first-order valence-corrected chi connectivity index (χ1v) is 8.91. The molecule has 0 fully saturated rings. The zero-order valence-electron chi connectivity index (χ0n) is 15.2. The van der Waals surface area contributed by atoms with Crippen LogP contribution in [0.5, 0.6) is 0 Å². The summed E-state index contributed by atoms with van der Waals surface area (Å²) in [7, 11) is 0. The monoisotopic (exact) mass is 351 g/mol. The summed E-state index contributed by atoms with van der Waals surface area (Å²) in [6.45, 7) is 6.43. The molecule has 6 heteroatoms. The Hall–Kier alpha value is -2.08. The largest absolute Gasteiger partial charge is 0.466 e. The van der Waals surface area contributed by atoms with Gasteiger partial charge in [0, 0.05) is 32.4 Å². The summed E-state index contributed by atoms with van der Waals surface area (Å²) in [4.78, 5) is 25.6. The molecule has 1 aromatic rings. The van der Waals surface area contributed by atoms with E-state index in [-0.39, 0.29) is 18.3 Å². The molecule has 140 valence electrons. The maximum absolute atomic E-state index is 12.4. The summed E-state index contributed by atoms with van der Waals surface area (Å²) in [5, 5.41) is 0. The minimum Gasteiger partial charge on any atom is -0.466 e. The molecule has 1 heterocycles. The summed E-state index contributed by atoms with van der Waals surface area (Å²) in [5.41, 5.74) is 0. The summed E-state index contributed by atoms with van der Waals surface area (Å²) in [5.74, 6) is 0.158. The number of unbranched alkanes of at least 4 members (excludes halogenated alkanes) is 1. The number of hydrogen-bond donors (Lipinski definition) is 0. The van der Waals surface area contributed by atoms with Gasteiger partial charge in [-0.15, -0.1) is 0 Å². The van der Waals surface area contributed by atoms with Crippen molar-refractivity contribution in [1.82, 2.24) is 4.90 Å². The van der Waals surface area contributed by atoms with Gasteiger partial charge in [-0.25, -0.2) is 0 Å². The Morgan fingerprint density at radius 3 is 2.68 bits per heavy atom. The fraction of sp³-hybridized carbons (Fsp3) is 0.579. The first kappa shape index (κ1) is 21.0. The van der Waals surface area contributed by atoms with E-state index in [4.69, 9.17) is 13.9 Å². The van der Waals surface area contributed by atoms with E-state index >= 15 is 0 Å². The number of amides is 1. The number of carbonyl (C=O) groups is 2. The molecule has 0 unspecified atom stereocenters. The van der Waals surface area contributed by atoms with Crippen LogP contribution in [0.1, 0.15) is 45.3 Å². The highest BCUT2D eigenvalue weighted by atomic mass is 16.5. The number of furan rings is 1. The smallest absolute Gasteiger partial charge is 0.307 e. The topological polar surface area (TPSA) is 69.0 Å². The van der Waals surface area contributed by atoms with Crippen molar-refractivity contribution >= 4 is 18.0 Å². The fourth-order valence-electron chi connectivity index (χ4n) is 2.14. The summed E-state index contributed by atoms with van der Waals surface area (Å²) in [6.07, 6.45) is 7.69. The first-order valence-electron chi connectivity index (χ1n) is 8.91. The Kier molecular flexibility index (Phi) is 11.1. The molecule has 1 amide bonds. The second-order valence-electron chi connectivity index (χ2n) is 5.55. The Balaban J connectivity index is 2.47. The molecule has 0 saturated carbocycles. The van der Waals surface area contributed by atoms with E-state index < -0.39 is 0 Å². The maximum atomic E-state index is 12.4. The lowest BCUT2D eigenvalue weighted by Crippen LogP contribution is -2.33. The molecule has 1 aromatic heterocycles. The van der Waals surface area contributed by atoms with E-state index in [1.165, 1.54) is 6.08 Å². The molecule has 1 rings (SSSR count). The summed E-state index contributed by atoms with van der Waals surface area (Å²) < 4.78 is 15.6. The Morgan fingerprint density at radius 2 is 2.00 bits per heavy atom. The zero-order chi connectivity index (χ0) is 18.3. The standard InChI is InChI=1S/C19H29NO5/c1-3-5-14-23-15-7-12-20(13-11-19(22)24-4-2)18(21)10-9-17-8-6-16-25-17/h6,8-10,16H,3-5,7,11-15H2,1-2H3/b10-9+. The Bertz CT molecular complexity index is 510. The summed E-state index contributed by atoms with van der Waals surface area (Å²) >= 11 is 0. The highest BCUT2D eigenvalue weighted by molar-refractivity contribution is 5.91. The second kappa shape index (κ2) is 13.2. The van der Waals surface area contributed by atoms with Crippen molar-refractivity contribution in [3.8, 4) is 0 Å². The number of hydrogen-bond acceptors (Lipinski definition) is 5. The van der Waals surface area contributed by atoms with Crippen LogP contribution in [0.3, 0.4) is 0 Å². The molecule has 0 radical (unpaired) electrons. The van der Waals surface area contributed by atoms with Gasteiger partial charge in [-0.3, -0.25) is 9.59 Å². The van der Waals surface area contributed by atoms with Gasteiger partial charge >= 0.3 is 5.97 Å². The second-order valence-corrected chi connectivity index (χ2v) is 5.55. The average molecular weight is 351 g/mol. The maximum Gasteiger partial charge on any atom is 0.307 e. The molecule has 0 aromatic carbocycles. The molecule has 0 spiro atoms. The highest BCUT2D eigenvalue weighted by Gasteiger charge is 2.13. The predicted octanol–water partition coefficient (Wildman–Crippen LogP) is 3.28. The third-order valence-corrected chi connectivity index (χ3v) is 3.50. The number of nitrogens with zero attached hydrogens (tertiary/aromatic N) is 1. The van der Waals surface area contributed by atoms with Gasteiger partial charge in [0.1, 0.15) is 5.76 Å². The number of ether oxygens (including phenoxy) is 2. The third-order valence-electron chi connectivity index (χ3n) is 3.50. The highest BCUT2D eigenvalue weighted by Crippen LogP contribution is 2.05. The Labute approximate surface area is 149 Å². The van der Waals surface area contributed by atoms with E-state index in [9.17, 15) is 9.59 Å². The van der Waals surface area contributed by atoms with Crippen LogP contribution < -0.4 is 0 Å². The predicted molar refractivity (Wildman–Crippen MR) is 95.9 cm³/mol. The van der Waals surface area contributed by atoms with Crippen LogP contribution in [0.2, 0.25) is 0 Å².